The normalized spacial score (nSPS) is 28.7. The summed E-state index contributed by atoms with van der Waals surface area (Å²) in [4.78, 5) is 4.81. The highest BCUT2D eigenvalue weighted by Gasteiger charge is 2.43. The quantitative estimate of drug-likeness (QED) is 0.788. The largest absolute Gasteiger partial charge is 0.388 e. The van der Waals surface area contributed by atoms with E-state index in [1.807, 2.05) is 0 Å². The van der Waals surface area contributed by atoms with E-state index in [0.717, 1.165) is 64.6 Å². The predicted octanol–water partition coefficient (Wildman–Crippen LogP) is 2.60. The van der Waals surface area contributed by atoms with Crippen LogP contribution in [0.15, 0.2) is 24.3 Å². The lowest BCUT2D eigenvalue weighted by Gasteiger charge is -2.48. The maximum absolute atomic E-state index is 12.4. The van der Waals surface area contributed by atoms with Crippen LogP contribution in [-0.2, 0) is 10.0 Å². The van der Waals surface area contributed by atoms with Gasteiger partial charge in [-0.05, 0) is 63.6 Å². The zero-order valence-electron chi connectivity index (χ0n) is 18.5. The number of para-hydroxylation sites is 1. The lowest BCUT2D eigenvalue weighted by molar-refractivity contribution is -0.0436. The van der Waals surface area contributed by atoms with Crippen LogP contribution in [0.25, 0.3) is 0 Å². The number of hydrogen-bond donors (Lipinski definition) is 1. The number of hydrogen-bond acceptors (Lipinski definition) is 5. The highest BCUT2D eigenvalue weighted by atomic mass is 32.2. The van der Waals surface area contributed by atoms with Gasteiger partial charge >= 0.3 is 0 Å². The van der Waals surface area contributed by atoms with Gasteiger partial charge < -0.3 is 10.0 Å². The van der Waals surface area contributed by atoms with Crippen molar-refractivity contribution in [2.45, 2.75) is 69.6 Å². The first-order valence-electron chi connectivity index (χ1n) is 11.5. The van der Waals surface area contributed by atoms with Crippen LogP contribution in [0.2, 0.25) is 0 Å². The predicted molar refractivity (Wildman–Crippen MR) is 121 cm³/mol. The zero-order valence-corrected chi connectivity index (χ0v) is 19.3. The van der Waals surface area contributed by atoms with Crippen LogP contribution in [0.5, 0.6) is 0 Å². The van der Waals surface area contributed by atoms with Crippen molar-refractivity contribution < 1.29 is 13.5 Å². The minimum atomic E-state index is -3.20. The maximum Gasteiger partial charge on any atom is 0.211 e. The van der Waals surface area contributed by atoms with Gasteiger partial charge in [0.2, 0.25) is 10.0 Å². The molecule has 3 fully saturated rings. The fraction of sp³-hybridized carbons (Fsp3) is 0.739. The average Bonchev–Trinajstić information content (AvgIpc) is 2.92. The van der Waals surface area contributed by atoms with E-state index in [0.29, 0.717) is 13.1 Å². The van der Waals surface area contributed by atoms with E-state index >= 15 is 0 Å². The molecule has 0 amide bonds. The fourth-order valence-electron chi connectivity index (χ4n) is 5.83. The molecule has 0 unspecified atom stereocenters. The number of likely N-dealkylation sites (tertiary alicyclic amines) is 1. The van der Waals surface area contributed by atoms with Gasteiger partial charge in [0.1, 0.15) is 0 Å². The van der Waals surface area contributed by atoms with Crippen molar-refractivity contribution in [3.8, 4) is 0 Å². The van der Waals surface area contributed by atoms with Gasteiger partial charge in [-0.1, -0.05) is 24.6 Å². The Morgan fingerprint density at radius 3 is 2.40 bits per heavy atom. The molecule has 6 nitrogen and oxygen atoms in total. The zero-order chi connectivity index (χ0) is 21.4. The second-order valence-electron chi connectivity index (χ2n) is 9.61. The number of piperidine rings is 2. The third kappa shape index (κ3) is 4.69. The molecule has 7 heteroatoms. The summed E-state index contributed by atoms with van der Waals surface area (Å²) in [7, 11) is -3.20. The van der Waals surface area contributed by atoms with Crippen LogP contribution in [0.3, 0.4) is 0 Å². The Hall–Kier alpha value is -1.15. The average molecular weight is 436 g/mol. The Labute approximate surface area is 181 Å². The van der Waals surface area contributed by atoms with Gasteiger partial charge in [-0.2, -0.15) is 4.31 Å². The summed E-state index contributed by atoms with van der Waals surface area (Å²) >= 11 is 0. The Morgan fingerprint density at radius 1 is 1.00 bits per heavy atom. The van der Waals surface area contributed by atoms with Crippen LogP contribution in [0.1, 0.15) is 50.5 Å². The number of aryl methyl sites for hydroxylation is 1. The third-order valence-electron chi connectivity index (χ3n) is 7.43. The molecule has 30 heavy (non-hydrogen) atoms. The lowest BCUT2D eigenvalue weighted by Crippen LogP contribution is -2.60. The van der Waals surface area contributed by atoms with Crippen LogP contribution >= 0.6 is 0 Å². The molecule has 1 N–H and O–H groups in total. The van der Waals surface area contributed by atoms with Crippen molar-refractivity contribution in [3.63, 3.8) is 0 Å². The van der Waals surface area contributed by atoms with Crippen LogP contribution in [0, 0.1) is 6.92 Å². The summed E-state index contributed by atoms with van der Waals surface area (Å²) in [5, 5.41) is 11.4. The summed E-state index contributed by atoms with van der Waals surface area (Å²) in [5.41, 5.74) is 1.86. The van der Waals surface area contributed by atoms with E-state index < -0.39 is 15.6 Å². The number of benzene rings is 1. The number of fused-ring (bicyclic) bond motifs is 1. The Bertz CT molecular complexity index is 836. The van der Waals surface area contributed by atoms with Gasteiger partial charge in [-0.3, -0.25) is 4.90 Å². The summed E-state index contributed by atoms with van der Waals surface area (Å²) < 4.78 is 26.6. The monoisotopic (exact) mass is 435 g/mol. The second kappa shape index (κ2) is 8.77. The molecular weight excluding hydrogens is 398 g/mol. The van der Waals surface area contributed by atoms with E-state index in [4.69, 9.17) is 0 Å². The first kappa shape index (κ1) is 22.1. The Morgan fingerprint density at radius 2 is 1.70 bits per heavy atom. The SMILES string of the molecule is Cc1ccccc1N1CCC(O)(CN2CCC[C@@H]3[C@H]2CCCCN3S(C)(=O)=O)CC1. The molecule has 3 aliphatic rings. The summed E-state index contributed by atoms with van der Waals surface area (Å²) in [5.74, 6) is 0. The molecule has 2 atom stereocenters. The molecule has 0 bridgehead atoms. The molecule has 3 aliphatic heterocycles. The van der Waals surface area contributed by atoms with E-state index in [-0.39, 0.29) is 12.1 Å². The number of β-amino-alcohol motifs (C(OH)–C–C–N with tert-alkyl or cyclic N) is 1. The molecule has 3 heterocycles. The van der Waals surface area contributed by atoms with Crippen molar-refractivity contribution in [1.29, 1.82) is 0 Å². The van der Waals surface area contributed by atoms with E-state index in [9.17, 15) is 13.5 Å². The minimum absolute atomic E-state index is 0.0620. The first-order valence-corrected chi connectivity index (χ1v) is 13.4. The van der Waals surface area contributed by atoms with Crippen molar-refractivity contribution >= 4 is 15.7 Å². The summed E-state index contributed by atoms with van der Waals surface area (Å²) in [6.07, 6.45) is 7.82. The topological polar surface area (TPSA) is 64.1 Å². The highest BCUT2D eigenvalue weighted by molar-refractivity contribution is 7.88. The van der Waals surface area contributed by atoms with E-state index in [1.54, 1.807) is 4.31 Å². The highest BCUT2D eigenvalue weighted by Crippen LogP contribution is 2.34. The number of rotatable bonds is 4. The van der Waals surface area contributed by atoms with Crippen LogP contribution < -0.4 is 4.90 Å². The molecule has 0 radical (unpaired) electrons. The molecule has 1 aromatic rings. The minimum Gasteiger partial charge on any atom is -0.388 e. The first-order chi connectivity index (χ1) is 14.3. The standard InChI is InChI=1S/C23H37N3O3S/c1-19-8-3-4-9-20(19)24-16-12-23(27,13-17-24)18-25-14-7-11-22-21(25)10-5-6-15-26(22)30(2,28)29/h3-4,8-9,21-22,27H,5-7,10-18H2,1-2H3/t21-,22-/m1/s1. The molecule has 1 aromatic carbocycles. The van der Waals surface area contributed by atoms with Crippen LogP contribution in [-0.4, -0.2) is 79.4 Å². The summed E-state index contributed by atoms with van der Waals surface area (Å²) in [6, 6.07) is 8.75. The van der Waals surface area contributed by atoms with Crippen LogP contribution in [0.4, 0.5) is 5.69 Å². The van der Waals surface area contributed by atoms with Gasteiger partial charge in [0, 0.05) is 44.0 Å². The molecular formula is C23H37N3O3S. The van der Waals surface area contributed by atoms with Gasteiger partial charge in [0.25, 0.3) is 0 Å². The van der Waals surface area contributed by atoms with Crippen molar-refractivity contribution in [3.05, 3.63) is 29.8 Å². The third-order valence-corrected chi connectivity index (χ3v) is 8.74. The molecule has 3 saturated heterocycles. The molecule has 0 aromatic heterocycles. The molecule has 0 saturated carbocycles. The fourth-order valence-corrected chi connectivity index (χ4v) is 7.03. The van der Waals surface area contributed by atoms with Gasteiger partial charge in [-0.15, -0.1) is 0 Å². The number of anilines is 1. The number of nitrogens with zero attached hydrogens (tertiary/aromatic N) is 3. The Kier molecular flexibility index (Phi) is 6.45. The maximum atomic E-state index is 12.4. The molecule has 0 spiro atoms. The smallest absolute Gasteiger partial charge is 0.211 e. The molecule has 168 valence electrons. The lowest BCUT2D eigenvalue weighted by atomic mass is 9.86. The van der Waals surface area contributed by atoms with Gasteiger partial charge in [0.05, 0.1) is 11.9 Å². The molecule has 4 rings (SSSR count). The van der Waals surface area contributed by atoms with Gasteiger partial charge in [0.15, 0.2) is 0 Å². The van der Waals surface area contributed by atoms with E-state index in [1.165, 1.54) is 17.5 Å². The van der Waals surface area contributed by atoms with Crippen molar-refractivity contribution in [1.82, 2.24) is 9.21 Å². The molecule has 0 aliphatic carbocycles. The Balaban J connectivity index is 1.44. The number of aliphatic hydroxyl groups is 1. The second-order valence-corrected chi connectivity index (χ2v) is 11.5. The number of sulfonamides is 1. The van der Waals surface area contributed by atoms with Crippen molar-refractivity contribution in [2.24, 2.45) is 0 Å². The summed E-state index contributed by atoms with van der Waals surface area (Å²) in [6.45, 7) is 6.13. The van der Waals surface area contributed by atoms with E-state index in [2.05, 4.69) is 41.0 Å². The van der Waals surface area contributed by atoms with Crippen molar-refractivity contribution in [2.75, 3.05) is 43.9 Å². The van der Waals surface area contributed by atoms with Gasteiger partial charge in [-0.25, -0.2) is 8.42 Å².